The Kier molecular flexibility index (Phi) is 5.74. The van der Waals surface area contributed by atoms with Crippen molar-refractivity contribution in [2.75, 3.05) is 26.2 Å². The maximum Gasteiger partial charge on any atom is 0.253 e. The lowest BCUT2D eigenvalue weighted by Crippen LogP contribution is -2.69. The van der Waals surface area contributed by atoms with Gasteiger partial charge in [-0.15, -0.1) is 0 Å². The van der Waals surface area contributed by atoms with Gasteiger partial charge in [0.15, 0.2) is 0 Å². The molecule has 162 valence electrons. The first kappa shape index (κ1) is 20.2. The van der Waals surface area contributed by atoms with Gasteiger partial charge in [0.2, 0.25) is 5.91 Å². The summed E-state index contributed by atoms with van der Waals surface area (Å²) in [5, 5.41) is 6.80. The number of fused-ring (bicyclic) bond motifs is 1. The number of piperazine rings is 1. The number of hydrogen-bond acceptors (Lipinski definition) is 4. The summed E-state index contributed by atoms with van der Waals surface area (Å²) >= 11 is 0. The molecule has 3 atom stereocenters. The van der Waals surface area contributed by atoms with Crippen molar-refractivity contribution < 1.29 is 9.59 Å². The molecule has 5 rings (SSSR count). The third-order valence-corrected chi connectivity index (χ3v) is 6.96. The number of amides is 2. The molecular weight excluding hydrogens is 388 g/mol. The molecule has 6 heteroatoms. The summed E-state index contributed by atoms with van der Waals surface area (Å²) in [7, 11) is 0. The Balaban J connectivity index is 1.18. The first-order chi connectivity index (χ1) is 15.2. The standard InChI is InChI=1S/C25H30N4O2/c30-23-21-8-4-5-9-22(21)26-25(27-23)29-16-14-28(15-17-29)24(31)20-12-10-19(11-13-20)18-6-2-1-3-7-18/h1-3,6-7,10-13,21-22,25-26H,4-5,8-9,14-17H2,(H,27,30). The van der Waals surface area contributed by atoms with Gasteiger partial charge in [-0.1, -0.05) is 55.3 Å². The van der Waals surface area contributed by atoms with Crippen molar-refractivity contribution in [3.8, 4) is 11.1 Å². The highest BCUT2D eigenvalue weighted by Crippen LogP contribution is 2.28. The molecule has 1 aliphatic carbocycles. The second-order valence-electron chi connectivity index (χ2n) is 8.85. The zero-order valence-corrected chi connectivity index (χ0v) is 17.8. The molecule has 2 amide bonds. The van der Waals surface area contributed by atoms with Crippen molar-refractivity contribution in [3.05, 3.63) is 60.2 Å². The molecule has 2 aromatic rings. The van der Waals surface area contributed by atoms with Crippen LogP contribution in [0.25, 0.3) is 11.1 Å². The van der Waals surface area contributed by atoms with E-state index in [-0.39, 0.29) is 30.1 Å². The molecule has 3 unspecified atom stereocenters. The Morgan fingerprint density at radius 2 is 1.52 bits per heavy atom. The van der Waals surface area contributed by atoms with Gasteiger partial charge in [-0.05, 0) is 36.1 Å². The number of nitrogens with one attached hydrogen (secondary N) is 2. The number of nitrogens with zero attached hydrogens (tertiary/aromatic N) is 2. The summed E-state index contributed by atoms with van der Waals surface area (Å²) in [5.74, 6) is 0.379. The molecule has 1 saturated carbocycles. The van der Waals surface area contributed by atoms with Crippen LogP contribution in [0.3, 0.4) is 0 Å². The second-order valence-corrected chi connectivity index (χ2v) is 8.85. The molecule has 2 aliphatic heterocycles. The predicted molar refractivity (Wildman–Crippen MR) is 120 cm³/mol. The molecule has 6 nitrogen and oxygen atoms in total. The average molecular weight is 419 g/mol. The van der Waals surface area contributed by atoms with Crippen molar-refractivity contribution >= 4 is 11.8 Å². The Bertz CT molecular complexity index is 922. The van der Waals surface area contributed by atoms with E-state index in [9.17, 15) is 9.59 Å². The minimum absolute atomic E-state index is 0.0762. The van der Waals surface area contributed by atoms with Crippen LogP contribution in [0.1, 0.15) is 36.0 Å². The van der Waals surface area contributed by atoms with Crippen LogP contribution in [0.2, 0.25) is 0 Å². The van der Waals surface area contributed by atoms with Gasteiger partial charge < -0.3 is 10.2 Å². The number of benzene rings is 2. The number of carbonyl (C=O) groups is 2. The fraction of sp³-hybridized carbons (Fsp3) is 0.440. The number of rotatable bonds is 3. The molecule has 0 aromatic heterocycles. The van der Waals surface area contributed by atoms with Crippen molar-refractivity contribution in [2.45, 2.75) is 38.0 Å². The smallest absolute Gasteiger partial charge is 0.253 e. The van der Waals surface area contributed by atoms with E-state index in [0.717, 1.165) is 49.0 Å². The van der Waals surface area contributed by atoms with Crippen molar-refractivity contribution in [2.24, 2.45) is 5.92 Å². The third-order valence-electron chi connectivity index (χ3n) is 6.96. The van der Waals surface area contributed by atoms with E-state index in [2.05, 4.69) is 27.7 Å². The minimum atomic E-state index is -0.116. The van der Waals surface area contributed by atoms with Crippen molar-refractivity contribution in [3.63, 3.8) is 0 Å². The molecule has 0 bridgehead atoms. The van der Waals surface area contributed by atoms with Crippen LogP contribution in [0.5, 0.6) is 0 Å². The molecule has 2 N–H and O–H groups in total. The van der Waals surface area contributed by atoms with Crippen molar-refractivity contribution in [1.29, 1.82) is 0 Å². The van der Waals surface area contributed by atoms with E-state index in [1.807, 2.05) is 47.4 Å². The number of hydrogen-bond donors (Lipinski definition) is 2. The van der Waals surface area contributed by atoms with Crippen LogP contribution in [-0.2, 0) is 4.79 Å². The van der Waals surface area contributed by atoms with Gasteiger partial charge in [0.1, 0.15) is 6.29 Å². The van der Waals surface area contributed by atoms with Gasteiger partial charge in [-0.3, -0.25) is 19.8 Å². The molecular formula is C25H30N4O2. The van der Waals surface area contributed by atoms with Crippen LogP contribution in [0.4, 0.5) is 0 Å². The molecule has 2 aromatic carbocycles. The predicted octanol–water partition coefficient (Wildman–Crippen LogP) is 2.67. The normalized spacial score (nSPS) is 26.8. The summed E-state index contributed by atoms with van der Waals surface area (Å²) in [6.45, 7) is 2.84. The highest BCUT2D eigenvalue weighted by molar-refractivity contribution is 5.94. The van der Waals surface area contributed by atoms with Crippen LogP contribution in [-0.4, -0.2) is 60.1 Å². The fourth-order valence-corrected chi connectivity index (χ4v) is 5.13. The summed E-state index contributed by atoms with van der Waals surface area (Å²) in [6.07, 6.45) is 4.29. The molecule has 2 heterocycles. The Morgan fingerprint density at radius 1 is 0.839 bits per heavy atom. The van der Waals surface area contributed by atoms with E-state index in [4.69, 9.17) is 0 Å². The summed E-state index contributed by atoms with van der Waals surface area (Å²) in [5.41, 5.74) is 2.99. The molecule has 3 aliphatic rings. The van der Waals surface area contributed by atoms with Gasteiger partial charge in [-0.25, -0.2) is 0 Å². The van der Waals surface area contributed by atoms with Gasteiger partial charge in [-0.2, -0.15) is 0 Å². The average Bonchev–Trinajstić information content (AvgIpc) is 2.84. The lowest BCUT2D eigenvalue weighted by atomic mass is 9.82. The van der Waals surface area contributed by atoms with E-state index < -0.39 is 0 Å². The Hall–Kier alpha value is -2.70. The molecule has 31 heavy (non-hydrogen) atoms. The topological polar surface area (TPSA) is 64.7 Å². The molecule has 0 radical (unpaired) electrons. The summed E-state index contributed by atoms with van der Waals surface area (Å²) in [6, 6.07) is 18.3. The summed E-state index contributed by atoms with van der Waals surface area (Å²) in [4.78, 5) is 29.7. The first-order valence-corrected chi connectivity index (χ1v) is 11.4. The fourth-order valence-electron chi connectivity index (χ4n) is 5.13. The van der Waals surface area contributed by atoms with Crippen molar-refractivity contribution in [1.82, 2.24) is 20.4 Å². The van der Waals surface area contributed by atoms with Gasteiger partial charge in [0.25, 0.3) is 5.91 Å². The van der Waals surface area contributed by atoms with Crippen LogP contribution in [0, 0.1) is 5.92 Å². The zero-order chi connectivity index (χ0) is 21.2. The lowest BCUT2D eigenvalue weighted by Gasteiger charge is -2.46. The van der Waals surface area contributed by atoms with E-state index in [1.165, 1.54) is 6.42 Å². The van der Waals surface area contributed by atoms with Gasteiger partial charge in [0, 0.05) is 37.8 Å². The molecule has 2 saturated heterocycles. The van der Waals surface area contributed by atoms with Crippen LogP contribution < -0.4 is 10.6 Å². The maximum absolute atomic E-state index is 13.0. The van der Waals surface area contributed by atoms with E-state index >= 15 is 0 Å². The molecule has 3 fully saturated rings. The largest absolute Gasteiger partial charge is 0.336 e. The summed E-state index contributed by atoms with van der Waals surface area (Å²) < 4.78 is 0. The second kappa shape index (κ2) is 8.81. The van der Waals surface area contributed by atoms with E-state index in [0.29, 0.717) is 13.1 Å². The highest BCUT2D eigenvalue weighted by atomic mass is 16.2. The van der Waals surface area contributed by atoms with Crippen LogP contribution >= 0.6 is 0 Å². The zero-order valence-electron chi connectivity index (χ0n) is 17.8. The SMILES string of the molecule is O=C1NC(N2CCN(C(=O)c3ccc(-c4ccccc4)cc3)CC2)NC2CCCCC12. The minimum Gasteiger partial charge on any atom is -0.336 e. The Morgan fingerprint density at radius 3 is 2.26 bits per heavy atom. The molecule has 0 spiro atoms. The third kappa shape index (κ3) is 4.23. The monoisotopic (exact) mass is 418 g/mol. The first-order valence-electron chi connectivity index (χ1n) is 11.4. The number of carbonyl (C=O) groups excluding carboxylic acids is 2. The quantitative estimate of drug-likeness (QED) is 0.805. The lowest BCUT2D eigenvalue weighted by molar-refractivity contribution is -0.134. The van der Waals surface area contributed by atoms with Gasteiger partial charge >= 0.3 is 0 Å². The van der Waals surface area contributed by atoms with Gasteiger partial charge in [0.05, 0.1) is 5.92 Å². The van der Waals surface area contributed by atoms with E-state index in [1.54, 1.807) is 0 Å². The highest BCUT2D eigenvalue weighted by Gasteiger charge is 2.39. The maximum atomic E-state index is 13.0. The Labute approximate surface area is 183 Å². The van der Waals surface area contributed by atoms with Crippen LogP contribution in [0.15, 0.2) is 54.6 Å².